The summed E-state index contributed by atoms with van der Waals surface area (Å²) in [5.41, 5.74) is 3.72. The maximum Gasteiger partial charge on any atom is 0.0991 e. The lowest BCUT2D eigenvalue weighted by Gasteiger charge is -2.15. The van der Waals surface area contributed by atoms with Crippen molar-refractivity contribution in [2.24, 2.45) is 0 Å². The van der Waals surface area contributed by atoms with Crippen LogP contribution in [0, 0.1) is 0 Å². The Hall–Kier alpha value is -2.91. The van der Waals surface area contributed by atoms with Crippen LogP contribution >= 0.6 is 0 Å². The normalized spacial score (nSPS) is 12.4. The Kier molecular flexibility index (Phi) is 4.32. The highest BCUT2D eigenvalue weighted by Gasteiger charge is 2.06. The molecule has 0 amide bonds. The van der Waals surface area contributed by atoms with Crippen LogP contribution in [0.5, 0.6) is 0 Å². The monoisotopic (exact) mass is 327 g/mol. The third-order valence-corrected chi connectivity index (χ3v) is 4.62. The van der Waals surface area contributed by atoms with Crippen molar-refractivity contribution in [1.29, 1.82) is 0 Å². The van der Waals surface area contributed by atoms with E-state index in [0.717, 1.165) is 12.2 Å². The molecule has 4 aromatic rings. The lowest BCUT2D eigenvalue weighted by Crippen LogP contribution is -2.18. The zero-order valence-electron chi connectivity index (χ0n) is 14.3. The Labute approximate surface area is 148 Å². The van der Waals surface area contributed by atoms with E-state index in [2.05, 4.69) is 84.0 Å². The van der Waals surface area contributed by atoms with Crippen LogP contribution in [0.1, 0.15) is 24.1 Å². The van der Waals surface area contributed by atoms with Gasteiger partial charge in [0, 0.05) is 30.7 Å². The molecule has 0 saturated carbocycles. The molecule has 25 heavy (non-hydrogen) atoms. The fourth-order valence-corrected chi connectivity index (χ4v) is 3.08. The highest BCUT2D eigenvalue weighted by molar-refractivity contribution is 5.82. The minimum Gasteiger partial charge on any atom is -0.306 e. The summed E-state index contributed by atoms with van der Waals surface area (Å²) >= 11 is 0. The second-order valence-electron chi connectivity index (χ2n) is 6.35. The molecular weight excluding hydrogens is 306 g/mol. The van der Waals surface area contributed by atoms with Crippen LogP contribution in [0.15, 0.2) is 85.5 Å². The average Bonchev–Trinajstić information content (AvgIpc) is 3.21. The molecule has 0 saturated heterocycles. The quantitative estimate of drug-likeness (QED) is 0.566. The minimum atomic E-state index is 0.295. The first-order chi connectivity index (χ1) is 12.3. The molecule has 0 aliphatic carbocycles. The number of benzene rings is 3. The van der Waals surface area contributed by atoms with E-state index in [-0.39, 0.29) is 0 Å². The van der Waals surface area contributed by atoms with Crippen molar-refractivity contribution in [3.8, 4) is 5.69 Å². The molecular formula is C22H21N3. The Bertz CT molecular complexity index is 956. The topological polar surface area (TPSA) is 29.9 Å². The fourth-order valence-electron chi connectivity index (χ4n) is 3.08. The van der Waals surface area contributed by atoms with Gasteiger partial charge >= 0.3 is 0 Å². The Morgan fingerprint density at radius 1 is 0.960 bits per heavy atom. The molecule has 4 rings (SSSR count). The van der Waals surface area contributed by atoms with E-state index < -0.39 is 0 Å². The third kappa shape index (κ3) is 3.47. The predicted octanol–water partition coefficient (Wildman–Crippen LogP) is 4.88. The Morgan fingerprint density at radius 2 is 1.76 bits per heavy atom. The second kappa shape index (κ2) is 6.91. The van der Waals surface area contributed by atoms with Gasteiger partial charge in [0.05, 0.1) is 6.33 Å². The largest absolute Gasteiger partial charge is 0.306 e. The number of aromatic nitrogens is 2. The van der Waals surface area contributed by atoms with Gasteiger partial charge in [-0.05, 0) is 47.0 Å². The van der Waals surface area contributed by atoms with Gasteiger partial charge in [-0.1, -0.05) is 48.5 Å². The number of imidazole rings is 1. The predicted molar refractivity (Wildman–Crippen MR) is 103 cm³/mol. The molecule has 3 heteroatoms. The standard InChI is InChI=1S/C22H21N3/c1-17(19-8-10-22(11-9-19)25-13-12-23-16-25)24-15-18-6-7-20-4-2-3-5-21(20)14-18/h2-14,16-17,24H,15H2,1H3/t17-/m0/s1. The van der Waals surface area contributed by atoms with Crippen molar-refractivity contribution in [2.75, 3.05) is 0 Å². The van der Waals surface area contributed by atoms with Crippen LogP contribution in [-0.2, 0) is 6.54 Å². The van der Waals surface area contributed by atoms with Crippen molar-refractivity contribution in [2.45, 2.75) is 19.5 Å². The van der Waals surface area contributed by atoms with Gasteiger partial charge in [0.1, 0.15) is 0 Å². The van der Waals surface area contributed by atoms with Crippen molar-refractivity contribution in [1.82, 2.24) is 14.9 Å². The van der Waals surface area contributed by atoms with Crippen LogP contribution in [0.2, 0.25) is 0 Å². The summed E-state index contributed by atoms with van der Waals surface area (Å²) in [6, 6.07) is 24.0. The molecule has 1 N–H and O–H groups in total. The molecule has 0 aliphatic heterocycles. The summed E-state index contributed by atoms with van der Waals surface area (Å²) in [5.74, 6) is 0. The number of fused-ring (bicyclic) bond motifs is 1. The summed E-state index contributed by atoms with van der Waals surface area (Å²) in [5, 5.41) is 6.19. The van der Waals surface area contributed by atoms with Crippen LogP contribution < -0.4 is 5.32 Å². The summed E-state index contributed by atoms with van der Waals surface area (Å²) in [7, 11) is 0. The number of nitrogens with one attached hydrogen (secondary N) is 1. The van der Waals surface area contributed by atoms with Gasteiger partial charge in [-0.2, -0.15) is 0 Å². The van der Waals surface area contributed by atoms with Gasteiger partial charge in [-0.3, -0.25) is 0 Å². The van der Waals surface area contributed by atoms with E-state index in [4.69, 9.17) is 0 Å². The molecule has 0 fully saturated rings. The minimum absolute atomic E-state index is 0.295. The first kappa shape index (κ1) is 15.6. The highest BCUT2D eigenvalue weighted by Crippen LogP contribution is 2.18. The third-order valence-electron chi connectivity index (χ3n) is 4.62. The van der Waals surface area contributed by atoms with E-state index in [0.29, 0.717) is 6.04 Å². The summed E-state index contributed by atoms with van der Waals surface area (Å²) < 4.78 is 2.01. The van der Waals surface area contributed by atoms with Gasteiger partial charge in [-0.25, -0.2) is 4.98 Å². The van der Waals surface area contributed by atoms with E-state index >= 15 is 0 Å². The lowest BCUT2D eigenvalue weighted by molar-refractivity contribution is 0.575. The van der Waals surface area contributed by atoms with Crippen molar-refractivity contribution in [3.05, 3.63) is 96.6 Å². The van der Waals surface area contributed by atoms with Crippen molar-refractivity contribution >= 4 is 10.8 Å². The smallest absolute Gasteiger partial charge is 0.0991 e. The van der Waals surface area contributed by atoms with Crippen molar-refractivity contribution in [3.63, 3.8) is 0 Å². The molecule has 124 valence electrons. The summed E-state index contributed by atoms with van der Waals surface area (Å²) in [6.07, 6.45) is 5.56. The zero-order chi connectivity index (χ0) is 17.1. The molecule has 0 radical (unpaired) electrons. The van der Waals surface area contributed by atoms with Gasteiger partial charge in [-0.15, -0.1) is 0 Å². The van der Waals surface area contributed by atoms with Crippen LogP contribution in [-0.4, -0.2) is 9.55 Å². The van der Waals surface area contributed by atoms with Gasteiger partial charge in [0.2, 0.25) is 0 Å². The van der Waals surface area contributed by atoms with Gasteiger partial charge in [0.15, 0.2) is 0 Å². The van der Waals surface area contributed by atoms with Crippen LogP contribution in [0.4, 0.5) is 0 Å². The molecule has 0 aliphatic rings. The van der Waals surface area contributed by atoms with E-state index in [1.807, 2.05) is 17.1 Å². The molecule has 3 nitrogen and oxygen atoms in total. The highest BCUT2D eigenvalue weighted by atomic mass is 15.0. The number of nitrogens with zero attached hydrogens (tertiary/aromatic N) is 2. The van der Waals surface area contributed by atoms with E-state index in [1.165, 1.54) is 21.9 Å². The first-order valence-corrected chi connectivity index (χ1v) is 8.59. The van der Waals surface area contributed by atoms with E-state index in [1.54, 1.807) is 6.20 Å². The molecule has 0 unspecified atom stereocenters. The second-order valence-corrected chi connectivity index (χ2v) is 6.35. The lowest BCUT2D eigenvalue weighted by atomic mass is 10.1. The van der Waals surface area contributed by atoms with Crippen molar-refractivity contribution < 1.29 is 0 Å². The average molecular weight is 327 g/mol. The first-order valence-electron chi connectivity index (χ1n) is 8.59. The molecule has 1 aromatic heterocycles. The number of hydrogen-bond acceptors (Lipinski definition) is 2. The molecule has 1 atom stereocenters. The van der Waals surface area contributed by atoms with Gasteiger partial charge < -0.3 is 9.88 Å². The Morgan fingerprint density at radius 3 is 2.52 bits per heavy atom. The Balaban J connectivity index is 1.43. The van der Waals surface area contributed by atoms with Crippen LogP contribution in [0.3, 0.4) is 0 Å². The molecule has 0 bridgehead atoms. The maximum atomic E-state index is 4.09. The molecule has 3 aromatic carbocycles. The summed E-state index contributed by atoms with van der Waals surface area (Å²) in [6.45, 7) is 3.06. The molecule has 0 spiro atoms. The number of rotatable bonds is 5. The SMILES string of the molecule is C[C@H](NCc1ccc2ccccc2c1)c1ccc(-n2ccnc2)cc1. The van der Waals surface area contributed by atoms with Crippen LogP contribution in [0.25, 0.3) is 16.5 Å². The van der Waals surface area contributed by atoms with Gasteiger partial charge in [0.25, 0.3) is 0 Å². The molecule has 1 heterocycles. The fraction of sp³-hybridized carbons (Fsp3) is 0.136. The maximum absolute atomic E-state index is 4.09. The number of hydrogen-bond donors (Lipinski definition) is 1. The summed E-state index contributed by atoms with van der Waals surface area (Å²) in [4.78, 5) is 4.09. The van der Waals surface area contributed by atoms with E-state index in [9.17, 15) is 0 Å². The zero-order valence-corrected chi connectivity index (χ0v) is 14.3.